The fourth-order valence-corrected chi connectivity index (χ4v) is 3.18. The lowest BCUT2D eigenvalue weighted by Gasteiger charge is -2.11. The van der Waals surface area contributed by atoms with E-state index in [1.807, 2.05) is 0 Å². The summed E-state index contributed by atoms with van der Waals surface area (Å²) in [5.41, 5.74) is 1.72. The van der Waals surface area contributed by atoms with Crippen molar-refractivity contribution < 1.29 is 22.4 Å². The van der Waals surface area contributed by atoms with Gasteiger partial charge in [-0.15, -0.1) is 0 Å². The maximum Gasteiger partial charge on any atom is 0.291 e. The molecule has 0 aliphatic carbocycles. The normalized spacial score (nSPS) is 10.9. The number of carbonyl (C=O) groups excluding carboxylic acids is 2. The quantitative estimate of drug-likeness (QED) is 0.551. The van der Waals surface area contributed by atoms with Crippen LogP contribution in [-0.2, 0) is 16.6 Å². The number of benzene rings is 2. The van der Waals surface area contributed by atoms with Crippen LogP contribution in [0.25, 0.3) is 0 Å². The number of sulfonamides is 1. The van der Waals surface area contributed by atoms with E-state index in [0.717, 1.165) is 11.8 Å². The maximum atomic E-state index is 12.5. The minimum absolute atomic E-state index is 0.191. The smallest absolute Gasteiger partial charge is 0.291 e. The summed E-state index contributed by atoms with van der Waals surface area (Å²) >= 11 is 0. The molecule has 8 nitrogen and oxygen atoms in total. The first-order valence-corrected chi connectivity index (χ1v) is 10.5. The number of furan rings is 1. The number of hydrogen-bond donors (Lipinski definition) is 3. The molecule has 0 saturated heterocycles. The molecule has 0 radical (unpaired) electrons. The molecule has 0 atom stereocenters. The number of anilines is 2. The highest BCUT2D eigenvalue weighted by Gasteiger charge is 2.14. The van der Waals surface area contributed by atoms with Crippen LogP contribution in [0.15, 0.2) is 71.3 Å². The first kappa shape index (κ1) is 20.2. The molecule has 0 saturated carbocycles. The van der Waals surface area contributed by atoms with Gasteiger partial charge in [0.05, 0.1) is 23.8 Å². The van der Waals surface area contributed by atoms with Crippen LogP contribution in [0.2, 0.25) is 0 Å². The fourth-order valence-electron chi connectivity index (χ4n) is 2.61. The SMILES string of the molecule is CS(=O)(=O)Nc1ccccc1C(=O)NCc1cccc(NC(=O)c2ccco2)c1. The Morgan fingerprint density at radius 1 is 0.966 bits per heavy atom. The molecule has 0 aliphatic heterocycles. The van der Waals surface area contributed by atoms with Crippen LogP contribution in [0, 0.1) is 0 Å². The van der Waals surface area contributed by atoms with Crippen molar-refractivity contribution in [3.63, 3.8) is 0 Å². The van der Waals surface area contributed by atoms with Gasteiger partial charge < -0.3 is 15.1 Å². The molecular weight excluding hydrogens is 394 g/mol. The number of hydrogen-bond acceptors (Lipinski definition) is 5. The Bertz CT molecular complexity index is 1120. The van der Waals surface area contributed by atoms with E-state index in [2.05, 4.69) is 15.4 Å². The third-order valence-electron chi connectivity index (χ3n) is 3.85. The highest BCUT2D eigenvalue weighted by molar-refractivity contribution is 7.92. The van der Waals surface area contributed by atoms with Gasteiger partial charge in [-0.3, -0.25) is 14.3 Å². The molecule has 29 heavy (non-hydrogen) atoms. The van der Waals surface area contributed by atoms with E-state index in [4.69, 9.17) is 4.42 Å². The van der Waals surface area contributed by atoms with Gasteiger partial charge in [0.2, 0.25) is 10.0 Å². The average molecular weight is 413 g/mol. The second-order valence-corrected chi connectivity index (χ2v) is 7.98. The highest BCUT2D eigenvalue weighted by atomic mass is 32.2. The average Bonchev–Trinajstić information content (AvgIpc) is 3.20. The predicted molar refractivity (Wildman–Crippen MR) is 109 cm³/mol. The van der Waals surface area contributed by atoms with Crippen molar-refractivity contribution in [2.24, 2.45) is 0 Å². The van der Waals surface area contributed by atoms with Crippen molar-refractivity contribution in [2.75, 3.05) is 16.3 Å². The largest absolute Gasteiger partial charge is 0.459 e. The Kier molecular flexibility index (Phi) is 5.99. The topological polar surface area (TPSA) is 118 Å². The lowest BCUT2D eigenvalue weighted by Crippen LogP contribution is -2.24. The molecule has 2 amide bonds. The summed E-state index contributed by atoms with van der Waals surface area (Å²) in [6.45, 7) is 0.191. The minimum atomic E-state index is -3.51. The van der Waals surface area contributed by atoms with E-state index in [0.29, 0.717) is 5.69 Å². The Morgan fingerprint density at radius 3 is 2.48 bits per heavy atom. The lowest BCUT2D eigenvalue weighted by molar-refractivity contribution is 0.0950. The third kappa shape index (κ3) is 5.69. The van der Waals surface area contributed by atoms with Crippen molar-refractivity contribution in [1.29, 1.82) is 0 Å². The van der Waals surface area contributed by atoms with Gasteiger partial charge in [-0.2, -0.15) is 0 Å². The zero-order chi connectivity index (χ0) is 20.9. The van der Waals surface area contributed by atoms with E-state index in [9.17, 15) is 18.0 Å². The lowest BCUT2D eigenvalue weighted by atomic mass is 10.1. The molecule has 0 bridgehead atoms. The molecule has 3 rings (SSSR count). The van der Waals surface area contributed by atoms with Crippen LogP contribution < -0.4 is 15.4 Å². The molecule has 0 unspecified atom stereocenters. The molecule has 0 aliphatic rings. The summed E-state index contributed by atoms with van der Waals surface area (Å²) < 4.78 is 30.3. The third-order valence-corrected chi connectivity index (χ3v) is 4.44. The molecule has 0 spiro atoms. The first-order chi connectivity index (χ1) is 13.8. The Balaban J connectivity index is 1.66. The number of rotatable bonds is 7. The second kappa shape index (κ2) is 8.61. The van der Waals surface area contributed by atoms with E-state index in [-0.39, 0.29) is 29.5 Å². The van der Waals surface area contributed by atoms with Crippen LogP contribution in [0.5, 0.6) is 0 Å². The summed E-state index contributed by atoms with van der Waals surface area (Å²) in [6, 6.07) is 16.5. The van der Waals surface area contributed by atoms with Crippen molar-refractivity contribution in [1.82, 2.24) is 5.32 Å². The summed E-state index contributed by atoms with van der Waals surface area (Å²) in [7, 11) is -3.51. The zero-order valence-corrected chi connectivity index (χ0v) is 16.3. The van der Waals surface area contributed by atoms with Crippen LogP contribution in [-0.4, -0.2) is 26.5 Å². The van der Waals surface area contributed by atoms with Crippen molar-refractivity contribution in [3.8, 4) is 0 Å². The van der Waals surface area contributed by atoms with Gasteiger partial charge in [-0.25, -0.2) is 8.42 Å². The first-order valence-electron chi connectivity index (χ1n) is 8.60. The number of carbonyl (C=O) groups is 2. The highest BCUT2D eigenvalue weighted by Crippen LogP contribution is 2.17. The number of amides is 2. The Hall–Kier alpha value is -3.59. The summed E-state index contributed by atoms with van der Waals surface area (Å²) in [5.74, 6) is -0.613. The standard InChI is InChI=1S/C20H19N3O5S/c1-29(26,27)23-17-9-3-2-8-16(17)19(24)21-13-14-6-4-7-15(12-14)22-20(25)18-10-5-11-28-18/h2-12,23H,13H2,1H3,(H,21,24)(H,22,25). The molecule has 150 valence electrons. The van der Waals surface area contributed by atoms with Gasteiger partial charge in [-0.1, -0.05) is 24.3 Å². The molecule has 0 fully saturated rings. The van der Waals surface area contributed by atoms with Gasteiger partial charge in [0, 0.05) is 12.2 Å². The molecular formula is C20H19N3O5S. The second-order valence-electron chi connectivity index (χ2n) is 6.23. The maximum absolute atomic E-state index is 12.5. The van der Waals surface area contributed by atoms with Crippen LogP contribution in [0.4, 0.5) is 11.4 Å². The van der Waals surface area contributed by atoms with Gasteiger partial charge >= 0.3 is 0 Å². The van der Waals surface area contributed by atoms with E-state index in [1.54, 1.807) is 48.5 Å². The fraction of sp³-hybridized carbons (Fsp3) is 0.100. The number of nitrogens with one attached hydrogen (secondary N) is 3. The molecule has 3 aromatic rings. The molecule has 1 heterocycles. The minimum Gasteiger partial charge on any atom is -0.459 e. The Labute approximate surface area is 168 Å². The summed E-state index contributed by atoms with van der Waals surface area (Å²) in [5, 5.41) is 5.46. The van der Waals surface area contributed by atoms with Gasteiger partial charge in [0.15, 0.2) is 5.76 Å². The van der Waals surface area contributed by atoms with Gasteiger partial charge in [0.25, 0.3) is 11.8 Å². The van der Waals surface area contributed by atoms with Gasteiger partial charge in [0.1, 0.15) is 0 Å². The summed E-state index contributed by atoms with van der Waals surface area (Å²) in [6.07, 6.45) is 2.43. The van der Waals surface area contributed by atoms with E-state index >= 15 is 0 Å². The van der Waals surface area contributed by atoms with E-state index < -0.39 is 15.9 Å². The number of para-hydroxylation sites is 1. The van der Waals surface area contributed by atoms with Crippen LogP contribution >= 0.6 is 0 Å². The van der Waals surface area contributed by atoms with Gasteiger partial charge in [-0.05, 0) is 42.0 Å². The van der Waals surface area contributed by atoms with Crippen LogP contribution in [0.3, 0.4) is 0 Å². The molecule has 9 heteroatoms. The Morgan fingerprint density at radius 2 is 1.76 bits per heavy atom. The molecule has 2 aromatic carbocycles. The summed E-state index contributed by atoms with van der Waals surface area (Å²) in [4.78, 5) is 24.6. The monoisotopic (exact) mass is 413 g/mol. The molecule has 3 N–H and O–H groups in total. The van der Waals surface area contributed by atoms with E-state index in [1.165, 1.54) is 18.4 Å². The molecule has 1 aromatic heterocycles. The van der Waals surface area contributed by atoms with Crippen molar-refractivity contribution in [3.05, 3.63) is 83.8 Å². The van der Waals surface area contributed by atoms with Crippen molar-refractivity contribution in [2.45, 2.75) is 6.54 Å². The predicted octanol–water partition coefficient (Wildman–Crippen LogP) is 2.83. The van der Waals surface area contributed by atoms with Crippen LogP contribution in [0.1, 0.15) is 26.5 Å². The zero-order valence-electron chi connectivity index (χ0n) is 15.5. The van der Waals surface area contributed by atoms with Crippen molar-refractivity contribution >= 4 is 33.2 Å².